The summed E-state index contributed by atoms with van der Waals surface area (Å²) in [6, 6.07) is 5.51. The van der Waals surface area contributed by atoms with Gasteiger partial charge in [-0.05, 0) is 18.9 Å². The van der Waals surface area contributed by atoms with E-state index in [9.17, 15) is 9.90 Å². The van der Waals surface area contributed by atoms with Crippen molar-refractivity contribution >= 4 is 22.8 Å². The molecule has 1 aromatic heterocycles. The van der Waals surface area contributed by atoms with Gasteiger partial charge in [0.1, 0.15) is 0 Å². The van der Waals surface area contributed by atoms with Crippen LogP contribution in [0, 0.1) is 0 Å². The molecule has 0 unspecified atom stereocenters. The maximum absolute atomic E-state index is 11.2. The molecular formula is C14H15N3O2. The monoisotopic (exact) mass is 257 g/mol. The summed E-state index contributed by atoms with van der Waals surface area (Å²) in [5.74, 6) is -0.441. The van der Waals surface area contributed by atoms with E-state index in [2.05, 4.69) is 15.3 Å². The lowest BCUT2D eigenvalue weighted by atomic mass is 10.1. The number of carboxylic acids is 1. The van der Waals surface area contributed by atoms with Gasteiger partial charge in [0.2, 0.25) is 5.95 Å². The standard InChI is InChI=1S/C14H15N3O2/c18-13(19)11-7-3-4-9-8-15-14(17-12(9)11)16-10-5-1-2-6-10/h3-4,7-8,10H,1-2,5-6H2,(H,18,19)(H,15,16,17). The molecule has 3 rings (SSSR count). The van der Waals surface area contributed by atoms with E-state index in [0.29, 0.717) is 17.5 Å². The number of rotatable bonds is 3. The van der Waals surface area contributed by atoms with Gasteiger partial charge < -0.3 is 10.4 Å². The molecule has 5 heteroatoms. The number of benzene rings is 1. The molecule has 1 aliphatic rings. The third kappa shape index (κ3) is 2.36. The minimum atomic E-state index is -0.962. The Bertz CT molecular complexity index is 621. The number of aromatic carboxylic acids is 1. The third-order valence-corrected chi connectivity index (χ3v) is 3.53. The number of hydrogen-bond donors (Lipinski definition) is 2. The highest BCUT2D eigenvalue weighted by molar-refractivity contribution is 6.01. The number of para-hydroxylation sites is 1. The van der Waals surface area contributed by atoms with Gasteiger partial charge in [0.05, 0.1) is 11.1 Å². The van der Waals surface area contributed by atoms with Crippen molar-refractivity contribution in [2.24, 2.45) is 0 Å². The smallest absolute Gasteiger partial charge is 0.337 e. The Balaban J connectivity index is 1.98. The van der Waals surface area contributed by atoms with Crippen LogP contribution in [0.4, 0.5) is 5.95 Å². The number of aromatic nitrogens is 2. The Morgan fingerprint density at radius 3 is 2.84 bits per heavy atom. The maximum Gasteiger partial charge on any atom is 0.337 e. The van der Waals surface area contributed by atoms with Crippen LogP contribution in [0.15, 0.2) is 24.4 Å². The Morgan fingerprint density at radius 2 is 2.11 bits per heavy atom. The summed E-state index contributed by atoms with van der Waals surface area (Å²) in [5, 5.41) is 13.2. The van der Waals surface area contributed by atoms with Crippen LogP contribution >= 0.6 is 0 Å². The number of anilines is 1. The van der Waals surface area contributed by atoms with Crippen LogP contribution in [0.5, 0.6) is 0 Å². The van der Waals surface area contributed by atoms with E-state index in [1.54, 1.807) is 18.3 Å². The lowest BCUT2D eigenvalue weighted by Crippen LogP contribution is -2.16. The molecule has 0 spiro atoms. The van der Waals surface area contributed by atoms with Crippen LogP contribution in [-0.4, -0.2) is 27.1 Å². The predicted molar refractivity (Wildman–Crippen MR) is 72.4 cm³/mol. The fourth-order valence-corrected chi connectivity index (χ4v) is 2.55. The zero-order valence-electron chi connectivity index (χ0n) is 10.5. The fraction of sp³-hybridized carbons (Fsp3) is 0.357. The molecule has 98 valence electrons. The van der Waals surface area contributed by atoms with Gasteiger partial charge >= 0.3 is 5.97 Å². The SMILES string of the molecule is O=C(O)c1cccc2cnc(NC3CCCC3)nc12. The number of carboxylic acid groups (broad SMARTS) is 1. The number of fused-ring (bicyclic) bond motifs is 1. The molecule has 1 aromatic carbocycles. The van der Waals surface area contributed by atoms with Crippen molar-refractivity contribution in [1.29, 1.82) is 0 Å². The third-order valence-electron chi connectivity index (χ3n) is 3.53. The van der Waals surface area contributed by atoms with Crippen molar-refractivity contribution in [3.8, 4) is 0 Å². The zero-order chi connectivity index (χ0) is 13.2. The number of carbonyl (C=O) groups is 1. The normalized spacial score (nSPS) is 15.8. The maximum atomic E-state index is 11.2. The van der Waals surface area contributed by atoms with Crippen molar-refractivity contribution < 1.29 is 9.90 Å². The predicted octanol–water partition coefficient (Wildman–Crippen LogP) is 2.68. The molecule has 19 heavy (non-hydrogen) atoms. The first-order chi connectivity index (χ1) is 9.24. The number of hydrogen-bond acceptors (Lipinski definition) is 4. The van der Waals surface area contributed by atoms with Crippen LogP contribution in [0.2, 0.25) is 0 Å². The van der Waals surface area contributed by atoms with Crippen LogP contribution in [0.3, 0.4) is 0 Å². The fourth-order valence-electron chi connectivity index (χ4n) is 2.55. The molecular weight excluding hydrogens is 242 g/mol. The first-order valence-electron chi connectivity index (χ1n) is 6.49. The van der Waals surface area contributed by atoms with Gasteiger partial charge in [0, 0.05) is 17.6 Å². The molecule has 5 nitrogen and oxygen atoms in total. The second kappa shape index (κ2) is 4.84. The van der Waals surface area contributed by atoms with Gasteiger partial charge in [0.15, 0.2) is 0 Å². The Hall–Kier alpha value is -2.17. The Morgan fingerprint density at radius 1 is 1.32 bits per heavy atom. The Labute approximate surface area is 110 Å². The lowest BCUT2D eigenvalue weighted by molar-refractivity contribution is 0.0699. The Kier molecular flexibility index (Phi) is 3.03. The minimum Gasteiger partial charge on any atom is -0.478 e. The van der Waals surface area contributed by atoms with Gasteiger partial charge in [-0.2, -0.15) is 0 Å². The second-order valence-electron chi connectivity index (χ2n) is 4.87. The van der Waals surface area contributed by atoms with Gasteiger partial charge in [-0.3, -0.25) is 0 Å². The number of nitrogens with one attached hydrogen (secondary N) is 1. The zero-order valence-corrected chi connectivity index (χ0v) is 10.5. The van der Waals surface area contributed by atoms with Crippen LogP contribution in [-0.2, 0) is 0 Å². The molecule has 1 aliphatic carbocycles. The quantitative estimate of drug-likeness (QED) is 0.884. The van der Waals surface area contributed by atoms with Gasteiger partial charge in [0.25, 0.3) is 0 Å². The molecule has 0 aliphatic heterocycles. The minimum absolute atomic E-state index is 0.217. The summed E-state index contributed by atoms with van der Waals surface area (Å²) < 4.78 is 0. The van der Waals surface area contributed by atoms with Crippen molar-refractivity contribution in [2.75, 3.05) is 5.32 Å². The molecule has 1 heterocycles. The molecule has 0 atom stereocenters. The van der Waals surface area contributed by atoms with E-state index in [4.69, 9.17) is 0 Å². The summed E-state index contributed by atoms with van der Waals surface area (Å²) in [5.41, 5.74) is 0.708. The highest BCUT2D eigenvalue weighted by Crippen LogP contribution is 2.22. The average molecular weight is 257 g/mol. The van der Waals surface area contributed by atoms with E-state index in [1.807, 2.05) is 6.07 Å². The molecule has 2 aromatic rings. The van der Waals surface area contributed by atoms with Crippen molar-refractivity contribution in [1.82, 2.24) is 9.97 Å². The van der Waals surface area contributed by atoms with Crippen LogP contribution < -0.4 is 5.32 Å². The van der Waals surface area contributed by atoms with Crippen LogP contribution in [0.25, 0.3) is 10.9 Å². The van der Waals surface area contributed by atoms with E-state index >= 15 is 0 Å². The molecule has 0 bridgehead atoms. The molecule has 0 saturated heterocycles. The van der Waals surface area contributed by atoms with E-state index in [0.717, 1.165) is 18.2 Å². The van der Waals surface area contributed by atoms with Gasteiger partial charge in [-0.25, -0.2) is 14.8 Å². The van der Waals surface area contributed by atoms with Gasteiger partial charge in [-0.15, -0.1) is 0 Å². The van der Waals surface area contributed by atoms with Crippen molar-refractivity contribution in [2.45, 2.75) is 31.7 Å². The van der Waals surface area contributed by atoms with E-state index in [-0.39, 0.29) is 5.56 Å². The topological polar surface area (TPSA) is 75.1 Å². The summed E-state index contributed by atoms with van der Waals surface area (Å²) in [7, 11) is 0. The average Bonchev–Trinajstić information content (AvgIpc) is 2.90. The highest BCUT2D eigenvalue weighted by Gasteiger charge is 2.16. The molecule has 2 N–H and O–H groups in total. The largest absolute Gasteiger partial charge is 0.478 e. The van der Waals surface area contributed by atoms with E-state index in [1.165, 1.54) is 12.8 Å². The highest BCUT2D eigenvalue weighted by atomic mass is 16.4. The first kappa shape index (κ1) is 11.9. The summed E-state index contributed by atoms with van der Waals surface area (Å²) in [6.07, 6.45) is 6.38. The van der Waals surface area contributed by atoms with Gasteiger partial charge in [-0.1, -0.05) is 25.0 Å². The molecule has 1 fully saturated rings. The summed E-state index contributed by atoms with van der Waals surface area (Å²) >= 11 is 0. The summed E-state index contributed by atoms with van der Waals surface area (Å²) in [6.45, 7) is 0. The second-order valence-corrected chi connectivity index (χ2v) is 4.87. The number of nitrogens with zero attached hydrogens (tertiary/aromatic N) is 2. The molecule has 1 saturated carbocycles. The molecule has 0 amide bonds. The van der Waals surface area contributed by atoms with E-state index < -0.39 is 5.97 Å². The summed E-state index contributed by atoms with van der Waals surface area (Å²) in [4.78, 5) is 19.8. The molecule has 0 radical (unpaired) electrons. The first-order valence-corrected chi connectivity index (χ1v) is 6.49. The van der Waals surface area contributed by atoms with Crippen LogP contribution in [0.1, 0.15) is 36.0 Å². The lowest BCUT2D eigenvalue weighted by Gasteiger charge is -2.12. The van der Waals surface area contributed by atoms with Crippen molar-refractivity contribution in [3.63, 3.8) is 0 Å². The van der Waals surface area contributed by atoms with Crippen molar-refractivity contribution in [3.05, 3.63) is 30.0 Å².